The molecule has 2 aromatic rings. The summed E-state index contributed by atoms with van der Waals surface area (Å²) in [7, 11) is 1.66. The molecule has 3 nitrogen and oxygen atoms in total. The average molecular weight is 266 g/mol. The Morgan fingerprint density at radius 2 is 1.61 bits per heavy atom. The van der Waals surface area contributed by atoms with Gasteiger partial charge in [-0.2, -0.15) is 0 Å². The topological polar surface area (TPSA) is 30.5 Å². The van der Waals surface area contributed by atoms with Crippen LogP contribution >= 0.6 is 12.4 Å². The molecule has 0 amide bonds. The van der Waals surface area contributed by atoms with E-state index in [1.807, 2.05) is 54.6 Å². The summed E-state index contributed by atoms with van der Waals surface area (Å²) in [4.78, 5) is 5.39. The molecule has 0 unspecified atom stereocenters. The number of hydrogen-bond acceptors (Lipinski definition) is 3. The molecular weight excluding hydrogens is 250 g/mol. The zero-order valence-electron chi connectivity index (χ0n) is 10.1. The standard InChI is InChI=1S/C14H15NO2.ClH/c1-16-14-9-7-12(8-10-14)11-17-15-13-5-3-2-4-6-13;/h2-10,15H,11H2,1H3;1H. The van der Waals surface area contributed by atoms with Gasteiger partial charge in [0.1, 0.15) is 5.75 Å². The van der Waals surface area contributed by atoms with Gasteiger partial charge in [-0.1, -0.05) is 30.3 Å². The lowest BCUT2D eigenvalue weighted by Crippen LogP contribution is -2.01. The zero-order valence-corrected chi connectivity index (χ0v) is 10.9. The van der Waals surface area contributed by atoms with Gasteiger partial charge in [0, 0.05) is 0 Å². The Kier molecular flexibility index (Phi) is 6.05. The molecule has 0 spiro atoms. The minimum atomic E-state index is 0. The van der Waals surface area contributed by atoms with Crippen molar-refractivity contribution in [3.63, 3.8) is 0 Å². The lowest BCUT2D eigenvalue weighted by Gasteiger charge is -2.07. The summed E-state index contributed by atoms with van der Waals surface area (Å²) in [6.45, 7) is 0.513. The van der Waals surface area contributed by atoms with Crippen molar-refractivity contribution in [2.75, 3.05) is 12.6 Å². The summed E-state index contributed by atoms with van der Waals surface area (Å²) in [6.07, 6.45) is 0. The van der Waals surface area contributed by atoms with E-state index in [0.29, 0.717) is 6.61 Å². The van der Waals surface area contributed by atoms with Gasteiger partial charge in [0.25, 0.3) is 0 Å². The van der Waals surface area contributed by atoms with Crippen molar-refractivity contribution in [3.8, 4) is 5.75 Å². The summed E-state index contributed by atoms with van der Waals surface area (Å²) in [5, 5.41) is 0. The van der Waals surface area contributed by atoms with Crippen LogP contribution < -0.4 is 10.2 Å². The molecule has 0 aliphatic rings. The van der Waals surface area contributed by atoms with Crippen LogP contribution in [-0.2, 0) is 11.4 Å². The first-order valence-electron chi connectivity index (χ1n) is 5.44. The summed E-state index contributed by atoms with van der Waals surface area (Å²) in [5.74, 6) is 0.852. The highest BCUT2D eigenvalue weighted by Crippen LogP contribution is 2.12. The Hall–Kier alpha value is -1.71. The zero-order chi connectivity index (χ0) is 11.9. The number of methoxy groups -OCH3 is 1. The highest BCUT2D eigenvalue weighted by atomic mass is 35.5. The van der Waals surface area contributed by atoms with E-state index in [4.69, 9.17) is 9.57 Å². The summed E-state index contributed by atoms with van der Waals surface area (Å²) >= 11 is 0. The molecule has 0 radical (unpaired) electrons. The van der Waals surface area contributed by atoms with E-state index in [-0.39, 0.29) is 12.4 Å². The van der Waals surface area contributed by atoms with E-state index < -0.39 is 0 Å². The van der Waals surface area contributed by atoms with Gasteiger partial charge in [-0.3, -0.25) is 10.3 Å². The maximum absolute atomic E-state index is 5.39. The Bertz CT molecular complexity index is 445. The van der Waals surface area contributed by atoms with Gasteiger partial charge >= 0.3 is 0 Å². The summed E-state index contributed by atoms with van der Waals surface area (Å²) in [6, 6.07) is 17.6. The van der Waals surface area contributed by atoms with Gasteiger partial charge in [0.05, 0.1) is 19.4 Å². The quantitative estimate of drug-likeness (QED) is 0.837. The maximum atomic E-state index is 5.39. The normalized spacial score (nSPS) is 9.39. The van der Waals surface area contributed by atoms with Gasteiger partial charge in [-0.25, -0.2) is 0 Å². The number of nitrogens with one attached hydrogen (secondary N) is 1. The van der Waals surface area contributed by atoms with Crippen molar-refractivity contribution >= 4 is 18.1 Å². The number of ether oxygens (including phenoxy) is 1. The molecule has 0 saturated heterocycles. The molecule has 0 bridgehead atoms. The van der Waals surface area contributed by atoms with Gasteiger partial charge in [0.2, 0.25) is 0 Å². The van der Waals surface area contributed by atoms with Crippen molar-refractivity contribution < 1.29 is 9.57 Å². The smallest absolute Gasteiger partial charge is 0.118 e. The Morgan fingerprint density at radius 1 is 0.944 bits per heavy atom. The van der Waals surface area contributed by atoms with E-state index in [1.54, 1.807) is 7.11 Å². The molecule has 96 valence electrons. The first kappa shape index (κ1) is 14.4. The maximum Gasteiger partial charge on any atom is 0.118 e. The molecule has 0 saturated carbocycles. The fourth-order valence-electron chi connectivity index (χ4n) is 1.43. The van der Waals surface area contributed by atoms with E-state index in [9.17, 15) is 0 Å². The predicted molar refractivity (Wildman–Crippen MR) is 75.1 cm³/mol. The first-order valence-corrected chi connectivity index (χ1v) is 5.44. The molecule has 0 aliphatic carbocycles. The second-order valence-electron chi connectivity index (χ2n) is 3.60. The molecule has 2 rings (SSSR count). The molecule has 0 atom stereocenters. The lowest BCUT2D eigenvalue weighted by atomic mass is 10.2. The van der Waals surface area contributed by atoms with E-state index in [0.717, 1.165) is 17.0 Å². The second kappa shape index (κ2) is 7.58. The predicted octanol–water partition coefficient (Wildman–Crippen LogP) is 3.66. The van der Waals surface area contributed by atoms with Gasteiger partial charge in [-0.05, 0) is 29.8 Å². The van der Waals surface area contributed by atoms with Crippen LogP contribution in [0.3, 0.4) is 0 Å². The molecule has 4 heteroatoms. The van der Waals surface area contributed by atoms with Crippen LogP contribution in [0.5, 0.6) is 5.75 Å². The Balaban J connectivity index is 0.00000162. The fourth-order valence-corrected chi connectivity index (χ4v) is 1.43. The monoisotopic (exact) mass is 265 g/mol. The number of halogens is 1. The van der Waals surface area contributed by atoms with Crippen molar-refractivity contribution in [2.24, 2.45) is 0 Å². The van der Waals surface area contributed by atoms with Crippen LogP contribution in [0.15, 0.2) is 54.6 Å². The number of hydrogen-bond donors (Lipinski definition) is 1. The van der Waals surface area contributed by atoms with E-state index >= 15 is 0 Å². The second-order valence-corrected chi connectivity index (χ2v) is 3.60. The molecular formula is C14H16ClNO2. The summed E-state index contributed by atoms with van der Waals surface area (Å²) in [5.41, 5.74) is 4.93. The van der Waals surface area contributed by atoms with Crippen molar-refractivity contribution in [2.45, 2.75) is 6.61 Å². The van der Waals surface area contributed by atoms with Crippen molar-refractivity contribution in [1.29, 1.82) is 0 Å². The minimum absolute atomic E-state index is 0. The van der Waals surface area contributed by atoms with E-state index in [1.165, 1.54) is 0 Å². The lowest BCUT2D eigenvalue weighted by molar-refractivity contribution is 0.180. The number of anilines is 1. The highest BCUT2D eigenvalue weighted by Gasteiger charge is 1.95. The highest BCUT2D eigenvalue weighted by molar-refractivity contribution is 5.85. The fraction of sp³-hybridized carbons (Fsp3) is 0.143. The van der Waals surface area contributed by atoms with Crippen molar-refractivity contribution in [1.82, 2.24) is 0 Å². The molecule has 2 aromatic carbocycles. The summed E-state index contributed by atoms with van der Waals surface area (Å²) < 4.78 is 5.09. The average Bonchev–Trinajstić information content (AvgIpc) is 2.41. The largest absolute Gasteiger partial charge is 0.497 e. The van der Waals surface area contributed by atoms with Gasteiger partial charge < -0.3 is 4.74 Å². The van der Waals surface area contributed by atoms with Crippen LogP contribution in [0.1, 0.15) is 5.56 Å². The van der Waals surface area contributed by atoms with Crippen LogP contribution in [0.2, 0.25) is 0 Å². The first-order chi connectivity index (χ1) is 8.38. The minimum Gasteiger partial charge on any atom is -0.497 e. The van der Waals surface area contributed by atoms with Crippen LogP contribution in [-0.4, -0.2) is 7.11 Å². The van der Waals surface area contributed by atoms with Gasteiger partial charge in [0.15, 0.2) is 0 Å². The van der Waals surface area contributed by atoms with Gasteiger partial charge in [-0.15, -0.1) is 12.4 Å². The molecule has 1 N–H and O–H groups in total. The Morgan fingerprint density at radius 3 is 2.22 bits per heavy atom. The number of para-hydroxylation sites is 1. The van der Waals surface area contributed by atoms with E-state index in [2.05, 4.69) is 5.48 Å². The third kappa shape index (κ3) is 4.28. The van der Waals surface area contributed by atoms with Crippen LogP contribution in [0.25, 0.3) is 0 Å². The molecule has 0 heterocycles. The molecule has 0 fully saturated rings. The molecule has 0 aliphatic heterocycles. The number of benzene rings is 2. The Labute approximate surface area is 113 Å². The molecule has 0 aromatic heterocycles. The van der Waals surface area contributed by atoms with Crippen LogP contribution in [0, 0.1) is 0 Å². The third-order valence-corrected chi connectivity index (χ3v) is 2.36. The molecule has 18 heavy (non-hydrogen) atoms. The SMILES string of the molecule is COc1ccc(CONc2ccccc2)cc1.Cl. The third-order valence-electron chi connectivity index (χ3n) is 2.36. The number of rotatable bonds is 5. The van der Waals surface area contributed by atoms with Crippen LogP contribution in [0.4, 0.5) is 5.69 Å². The van der Waals surface area contributed by atoms with Crippen molar-refractivity contribution in [3.05, 3.63) is 60.2 Å².